The zero-order valence-corrected chi connectivity index (χ0v) is 9.22. The van der Waals surface area contributed by atoms with E-state index < -0.39 is 0 Å². The molecule has 78 valence electrons. The van der Waals surface area contributed by atoms with Gasteiger partial charge in [0.15, 0.2) is 0 Å². The van der Waals surface area contributed by atoms with Gasteiger partial charge in [-0.2, -0.15) is 0 Å². The number of amides is 1. The maximum atomic E-state index is 11.9. The minimum atomic E-state index is 0.0757. The minimum Gasteiger partial charge on any atom is -0.353 e. The number of thioether (sulfide) groups is 1. The lowest BCUT2D eigenvalue weighted by molar-refractivity contribution is -0.122. The molecule has 2 aliphatic rings. The number of carbonyl (C=O) groups excluding carboxylic acids is 1. The molecule has 0 bridgehead atoms. The Bertz CT molecular complexity index is 400. The Morgan fingerprint density at radius 2 is 2.13 bits per heavy atom. The van der Waals surface area contributed by atoms with Gasteiger partial charge in [-0.25, -0.2) is 0 Å². The van der Waals surface area contributed by atoms with E-state index >= 15 is 0 Å². The molecule has 1 fully saturated rings. The molecule has 1 aliphatic carbocycles. The molecule has 3 heteroatoms. The van der Waals surface area contributed by atoms with Crippen molar-refractivity contribution < 1.29 is 4.79 Å². The van der Waals surface area contributed by atoms with E-state index in [2.05, 4.69) is 17.4 Å². The summed E-state index contributed by atoms with van der Waals surface area (Å²) in [5.41, 5.74) is 1.21. The first-order valence-electron chi connectivity index (χ1n) is 5.37. The summed E-state index contributed by atoms with van der Waals surface area (Å²) < 4.78 is 0. The molecule has 1 saturated carbocycles. The highest BCUT2D eigenvalue weighted by molar-refractivity contribution is 7.99. The number of hydrogen-bond donors (Lipinski definition) is 1. The van der Waals surface area contributed by atoms with E-state index in [1.807, 2.05) is 12.1 Å². The average molecular weight is 219 g/mol. The third kappa shape index (κ3) is 1.76. The van der Waals surface area contributed by atoms with Crippen molar-refractivity contribution in [2.24, 2.45) is 0 Å². The predicted molar refractivity (Wildman–Crippen MR) is 61.1 cm³/mol. The van der Waals surface area contributed by atoms with E-state index in [9.17, 15) is 4.79 Å². The molecule has 1 heterocycles. The normalized spacial score (nSPS) is 23.6. The summed E-state index contributed by atoms with van der Waals surface area (Å²) in [6, 6.07) is 8.70. The average Bonchev–Trinajstić information content (AvgIpc) is 2.96. The van der Waals surface area contributed by atoms with Gasteiger partial charge in [-0.15, -0.1) is 11.8 Å². The van der Waals surface area contributed by atoms with Gasteiger partial charge in [0.1, 0.15) is 0 Å². The standard InChI is InChI=1S/C12H13NOS/c14-12(13-8-5-6-8)10-7-15-11-4-2-1-3-9(10)11/h1-4,8,10H,5-7H2,(H,13,14). The summed E-state index contributed by atoms with van der Waals surface area (Å²) in [7, 11) is 0. The lowest BCUT2D eigenvalue weighted by atomic mass is 10.0. The fraction of sp³-hybridized carbons (Fsp3) is 0.417. The van der Waals surface area contributed by atoms with Crippen LogP contribution in [0.25, 0.3) is 0 Å². The first-order valence-corrected chi connectivity index (χ1v) is 6.35. The van der Waals surface area contributed by atoms with Gasteiger partial charge in [-0.3, -0.25) is 4.79 Å². The summed E-state index contributed by atoms with van der Waals surface area (Å²) in [4.78, 5) is 13.2. The van der Waals surface area contributed by atoms with E-state index in [1.165, 1.54) is 10.5 Å². The van der Waals surface area contributed by atoms with Crippen LogP contribution in [0.1, 0.15) is 24.3 Å². The monoisotopic (exact) mass is 219 g/mol. The van der Waals surface area contributed by atoms with Crippen molar-refractivity contribution in [1.82, 2.24) is 5.32 Å². The third-order valence-electron chi connectivity index (χ3n) is 2.94. The number of hydrogen-bond acceptors (Lipinski definition) is 2. The van der Waals surface area contributed by atoms with Crippen LogP contribution < -0.4 is 5.32 Å². The van der Waals surface area contributed by atoms with Crippen LogP contribution in [-0.2, 0) is 4.79 Å². The summed E-state index contributed by atoms with van der Waals surface area (Å²) in [6.45, 7) is 0. The summed E-state index contributed by atoms with van der Waals surface area (Å²) in [5, 5.41) is 3.08. The zero-order valence-electron chi connectivity index (χ0n) is 8.40. The number of rotatable bonds is 2. The maximum absolute atomic E-state index is 11.9. The quantitative estimate of drug-likeness (QED) is 0.825. The van der Waals surface area contributed by atoms with E-state index in [0.717, 1.165) is 18.6 Å². The first kappa shape index (κ1) is 9.28. The minimum absolute atomic E-state index is 0.0757. The Hall–Kier alpha value is -0.960. The molecule has 1 aromatic carbocycles. The van der Waals surface area contributed by atoms with Gasteiger partial charge >= 0.3 is 0 Å². The first-order chi connectivity index (χ1) is 7.34. The Morgan fingerprint density at radius 3 is 2.93 bits per heavy atom. The van der Waals surface area contributed by atoms with Crippen molar-refractivity contribution in [2.75, 3.05) is 5.75 Å². The molecule has 1 aromatic rings. The molecule has 1 N–H and O–H groups in total. The summed E-state index contributed by atoms with van der Waals surface area (Å²) in [6.07, 6.45) is 2.32. The smallest absolute Gasteiger partial charge is 0.228 e. The molecule has 1 atom stereocenters. The molecule has 1 aliphatic heterocycles. The Balaban J connectivity index is 1.80. The second-order valence-corrected chi connectivity index (χ2v) is 5.25. The van der Waals surface area contributed by atoms with E-state index in [0.29, 0.717) is 6.04 Å². The van der Waals surface area contributed by atoms with Crippen molar-refractivity contribution in [1.29, 1.82) is 0 Å². The second kappa shape index (κ2) is 3.56. The van der Waals surface area contributed by atoms with Gasteiger partial charge in [-0.1, -0.05) is 18.2 Å². The molecule has 0 saturated heterocycles. The molecule has 0 aromatic heterocycles. The number of benzene rings is 1. The van der Waals surface area contributed by atoms with Crippen molar-refractivity contribution in [3.8, 4) is 0 Å². The van der Waals surface area contributed by atoms with Crippen molar-refractivity contribution in [3.05, 3.63) is 29.8 Å². The Morgan fingerprint density at radius 1 is 1.33 bits per heavy atom. The SMILES string of the molecule is O=C(NC1CC1)C1CSc2ccccc21. The molecule has 2 nitrogen and oxygen atoms in total. The van der Waals surface area contributed by atoms with Crippen LogP contribution >= 0.6 is 11.8 Å². The third-order valence-corrected chi connectivity index (χ3v) is 4.12. The topological polar surface area (TPSA) is 29.1 Å². The highest BCUT2D eigenvalue weighted by Crippen LogP contribution is 2.39. The zero-order chi connectivity index (χ0) is 10.3. The van der Waals surface area contributed by atoms with Gasteiger partial charge in [0.25, 0.3) is 0 Å². The van der Waals surface area contributed by atoms with Crippen LogP contribution in [0.2, 0.25) is 0 Å². The highest BCUT2D eigenvalue weighted by Gasteiger charge is 2.32. The van der Waals surface area contributed by atoms with Crippen LogP contribution in [-0.4, -0.2) is 17.7 Å². The summed E-state index contributed by atoms with van der Waals surface area (Å²) in [5.74, 6) is 1.19. The fourth-order valence-electron chi connectivity index (χ4n) is 1.91. The van der Waals surface area contributed by atoms with Crippen LogP contribution in [0.15, 0.2) is 29.2 Å². The van der Waals surface area contributed by atoms with Crippen molar-refractivity contribution in [3.63, 3.8) is 0 Å². The van der Waals surface area contributed by atoms with E-state index in [4.69, 9.17) is 0 Å². The lowest BCUT2D eigenvalue weighted by Crippen LogP contribution is -2.31. The molecule has 0 spiro atoms. The van der Waals surface area contributed by atoms with Crippen molar-refractivity contribution in [2.45, 2.75) is 29.7 Å². The molecule has 1 unspecified atom stereocenters. The molecule has 0 radical (unpaired) electrons. The fourth-order valence-corrected chi connectivity index (χ4v) is 3.14. The molecule has 15 heavy (non-hydrogen) atoms. The lowest BCUT2D eigenvalue weighted by Gasteiger charge is -2.10. The van der Waals surface area contributed by atoms with Gasteiger partial charge < -0.3 is 5.32 Å². The highest BCUT2D eigenvalue weighted by atomic mass is 32.2. The van der Waals surface area contributed by atoms with Gasteiger partial charge in [0, 0.05) is 16.7 Å². The second-order valence-electron chi connectivity index (χ2n) is 4.18. The molecular formula is C12H13NOS. The number of carbonyl (C=O) groups is 1. The number of nitrogens with one attached hydrogen (secondary N) is 1. The van der Waals surface area contributed by atoms with Crippen LogP contribution in [0.5, 0.6) is 0 Å². The van der Waals surface area contributed by atoms with Crippen LogP contribution in [0, 0.1) is 0 Å². The van der Waals surface area contributed by atoms with Crippen LogP contribution in [0.3, 0.4) is 0 Å². The number of fused-ring (bicyclic) bond motifs is 1. The van der Waals surface area contributed by atoms with Crippen molar-refractivity contribution >= 4 is 17.7 Å². The van der Waals surface area contributed by atoms with Crippen LogP contribution in [0.4, 0.5) is 0 Å². The Labute approximate surface area is 93.4 Å². The van der Waals surface area contributed by atoms with Gasteiger partial charge in [-0.05, 0) is 24.5 Å². The van der Waals surface area contributed by atoms with Gasteiger partial charge in [0.2, 0.25) is 5.91 Å². The molecular weight excluding hydrogens is 206 g/mol. The predicted octanol–water partition coefficient (Wildman–Crippen LogP) is 2.15. The summed E-state index contributed by atoms with van der Waals surface area (Å²) >= 11 is 1.79. The Kier molecular flexibility index (Phi) is 2.20. The largest absolute Gasteiger partial charge is 0.353 e. The van der Waals surface area contributed by atoms with Gasteiger partial charge in [0.05, 0.1) is 5.92 Å². The molecule has 3 rings (SSSR count). The molecule has 1 amide bonds. The maximum Gasteiger partial charge on any atom is 0.228 e. The van der Waals surface area contributed by atoms with E-state index in [-0.39, 0.29) is 11.8 Å². The van der Waals surface area contributed by atoms with E-state index in [1.54, 1.807) is 11.8 Å².